The molecule has 0 aliphatic rings. The monoisotopic (exact) mass is 378 g/mol. The Bertz CT molecular complexity index is 645. The average molecular weight is 378 g/mol. The molecule has 0 spiro atoms. The molecule has 27 heavy (non-hydrogen) atoms. The maximum absolute atomic E-state index is 12.6. The lowest BCUT2D eigenvalue weighted by Crippen LogP contribution is -2.47. The molecule has 0 heterocycles. The normalized spacial score (nSPS) is 12.8. The number of para-hydroxylation sites is 1. The Morgan fingerprint density at radius 2 is 1.74 bits per heavy atom. The first-order chi connectivity index (χ1) is 12.8. The van der Waals surface area contributed by atoms with Gasteiger partial charge in [0.05, 0.1) is 12.2 Å². The molecule has 7 heteroatoms. The molecule has 2 atom stereocenters. The molecule has 0 saturated heterocycles. The van der Waals surface area contributed by atoms with Crippen molar-refractivity contribution in [3.63, 3.8) is 0 Å². The molecule has 0 fully saturated rings. The molecule has 1 aromatic rings. The van der Waals surface area contributed by atoms with Gasteiger partial charge in [-0.25, -0.2) is 4.79 Å². The number of ether oxygens (including phenoxy) is 2. The van der Waals surface area contributed by atoms with Gasteiger partial charge in [0.2, 0.25) is 0 Å². The highest BCUT2D eigenvalue weighted by Gasteiger charge is 2.29. The van der Waals surface area contributed by atoms with Gasteiger partial charge in [-0.2, -0.15) is 0 Å². The van der Waals surface area contributed by atoms with Crippen molar-refractivity contribution >= 4 is 17.8 Å². The molecule has 1 aromatic carbocycles. The largest absolute Gasteiger partial charge is 0.493 e. The first kappa shape index (κ1) is 22.5. The third kappa shape index (κ3) is 6.92. The Hall–Kier alpha value is -2.57. The van der Waals surface area contributed by atoms with Gasteiger partial charge < -0.3 is 20.1 Å². The lowest BCUT2D eigenvalue weighted by molar-refractivity contribution is -0.157. The summed E-state index contributed by atoms with van der Waals surface area (Å²) in [6.45, 7) is 9.79. The first-order valence-electron chi connectivity index (χ1n) is 9.32. The summed E-state index contributed by atoms with van der Waals surface area (Å²) in [7, 11) is 0. The molecule has 0 aliphatic heterocycles. The summed E-state index contributed by atoms with van der Waals surface area (Å²) in [5.41, 5.74) is 0.339. The molecule has 0 radical (unpaired) electrons. The van der Waals surface area contributed by atoms with E-state index in [0.717, 1.165) is 6.42 Å². The fourth-order valence-corrected chi connectivity index (χ4v) is 2.35. The third-order valence-corrected chi connectivity index (χ3v) is 3.85. The van der Waals surface area contributed by atoms with Crippen LogP contribution >= 0.6 is 0 Å². The summed E-state index contributed by atoms with van der Waals surface area (Å²) in [6.07, 6.45) is -0.144. The first-order valence-corrected chi connectivity index (χ1v) is 9.32. The number of esters is 1. The van der Waals surface area contributed by atoms with E-state index in [1.54, 1.807) is 38.1 Å². The van der Waals surface area contributed by atoms with Crippen LogP contribution in [0.25, 0.3) is 0 Å². The molecule has 7 nitrogen and oxygen atoms in total. The molecule has 0 aliphatic carbocycles. The topological polar surface area (TPSA) is 93.7 Å². The standard InChI is InChI=1S/C20H30N2O5/c1-6-12-21-18(23)14(5)27-20(25)17(13(3)4)22-19(24)15-10-8-9-11-16(15)26-7-2/h8-11,13-14,17H,6-7,12H2,1-5H3,(H,21,23)(H,22,24)/t14?,17-/m0/s1. The molecule has 0 saturated carbocycles. The van der Waals surface area contributed by atoms with Crippen LogP contribution in [0.15, 0.2) is 24.3 Å². The summed E-state index contributed by atoms with van der Waals surface area (Å²) in [5, 5.41) is 5.37. The fourth-order valence-electron chi connectivity index (χ4n) is 2.35. The Morgan fingerprint density at radius 1 is 1.07 bits per heavy atom. The molecule has 1 rings (SSSR count). The van der Waals surface area contributed by atoms with Gasteiger partial charge in [-0.3, -0.25) is 9.59 Å². The van der Waals surface area contributed by atoms with Crippen molar-refractivity contribution in [3.8, 4) is 5.75 Å². The Balaban J connectivity index is 2.82. The van der Waals surface area contributed by atoms with E-state index in [-0.39, 0.29) is 11.8 Å². The lowest BCUT2D eigenvalue weighted by Gasteiger charge is -2.23. The van der Waals surface area contributed by atoms with Gasteiger partial charge in [0.25, 0.3) is 11.8 Å². The maximum atomic E-state index is 12.6. The number of nitrogens with one attached hydrogen (secondary N) is 2. The summed E-state index contributed by atoms with van der Waals surface area (Å²) < 4.78 is 10.7. The molecule has 0 bridgehead atoms. The van der Waals surface area contributed by atoms with Crippen LogP contribution in [0, 0.1) is 5.92 Å². The van der Waals surface area contributed by atoms with E-state index in [2.05, 4.69) is 10.6 Å². The van der Waals surface area contributed by atoms with Crippen LogP contribution in [0.4, 0.5) is 0 Å². The van der Waals surface area contributed by atoms with Gasteiger partial charge in [-0.1, -0.05) is 32.9 Å². The van der Waals surface area contributed by atoms with Gasteiger partial charge >= 0.3 is 5.97 Å². The van der Waals surface area contributed by atoms with E-state index < -0.39 is 24.0 Å². The second kappa shape index (κ2) is 11.2. The predicted molar refractivity (Wildman–Crippen MR) is 103 cm³/mol. The number of carbonyl (C=O) groups is 3. The van der Waals surface area contributed by atoms with Gasteiger partial charge in [0.1, 0.15) is 11.8 Å². The maximum Gasteiger partial charge on any atom is 0.329 e. The summed E-state index contributed by atoms with van der Waals surface area (Å²) in [4.78, 5) is 37.0. The quantitative estimate of drug-likeness (QED) is 0.609. The molecule has 150 valence electrons. The highest BCUT2D eigenvalue weighted by molar-refractivity contribution is 5.99. The van der Waals surface area contributed by atoms with Gasteiger partial charge in [-0.05, 0) is 38.3 Å². The van der Waals surface area contributed by atoms with Crippen molar-refractivity contribution in [2.24, 2.45) is 5.92 Å². The van der Waals surface area contributed by atoms with Crippen LogP contribution in [0.5, 0.6) is 5.75 Å². The summed E-state index contributed by atoms with van der Waals surface area (Å²) >= 11 is 0. The fraction of sp³-hybridized carbons (Fsp3) is 0.550. The third-order valence-electron chi connectivity index (χ3n) is 3.85. The molecule has 0 aromatic heterocycles. The van der Waals surface area contributed by atoms with Crippen molar-refractivity contribution < 1.29 is 23.9 Å². The average Bonchev–Trinajstić information content (AvgIpc) is 2.64. The highest BCUT2D eigenvalue weighted by atomic mass is 16.5. The molecular formula is C20H30N2O5. The SMILES string of the molecule is CCCNC(=O)C(C)OC(=O)[C@@H](NC(=O)c1ccccc1OCC)C(C)C. The molecule has 1 unspecified atom stereocenters. The predicted octanol–water partition coefficient (Wildman–Crippen LogP) is 2.30. The van der Waals surface area contributed by atoms with Crippen LogP contribution < -0.4 is 15.4 Å². The van der Waals surface area contributed by atoms with Crippen molar-refractivity contribution in [1.29, 1.82) is 0 Å². The minimum absolute atomic E-state index is 0.216. The van der Waals surface area contributed by atoms with Crippen LogP contribution in [0.2, 0.25) is 0 Å². The zero-order valence-corrected chi connectivity index (χ0v) is 16.7. The van der Waals surface area contributed by atoms with E-state index in [4.69, 9.17) is 9.47 Å². The zero-order chi connectivity index (χ0) is 20.4. The van der Waals surface area contributed by atoms with Crippen molar-refractivity contribution in [2.75, 3.05) is 13.2 Å². The second-order valence-corrected chi connectivity index (χ2v) is 6.49. The number of carbonyl (C=O) groups excluding carboxylic acids is 3. The smallest absolute Gasteiger partial charge is 0.329 e. The van der Waals surface area contributed by atoms with Crippen molar-refractivity contribution in [3.05, 3.63) is 29.8 Å². The Kier molecular flexibility index (Phi) is 9.33. The number of rotatable bonds is 10. The van der Waals surface area contributed by atoms with E-state index in [1.165, 1.54) is 6.92 Å². The van der Waals surface area contributed by atoms with Crippen LogP contribution in [0.3, 0.4) is 0 Å². The van der Waals surface area contributed by atoms with Gasteiger partial charge in [-0.15, -0.1) is 0 Å². The van der Waals surface area contributed by atoms with Gasteiger partial charge in [0.15, 0.2) is 6.10 Å². The highest BCUT2D eigenvalue weighted by Crippen LogP contribution is 2.18. The number of benzene rings is 1. The molecular weight excluding hydrogens is 348 g/mol. The zero-order valence-electron chi connectivity index (χ0n) is 16.7. The van der Waals surface area contributed by atoms with E-state index in [9.17, 15) is 14.4 Å². The van der Waals surface area contributed by atoms with Gasteiger partial charge in [0, 0.05) is 6.54 Å². The molecule has 2 amide bonds. The summed E-state index contributed by atoms with van der Waals surface area (Å²) in [5.74, 6) is -1.21. The minimum Gasteiger partial charge on any atom is -0.493 e. The van der Waals surface area contributed by atoms with Crippen LogP contribution in [-0.2, 0) is 14.3 Å². The van der Waals surface area contributed by atoms with Crippen LogP contribution in [-0.4, -0.2) is 43.1 Å². The second-order valence-electron chi connectivity index (χ2n) is 6.49. The minimum atomic E-state index is -0.932. The Labute approximate surface area is 160 Å². The summed E-state index contributed by atoms with van der Waals surface area (Å²) in [6, 6.07) is 5.94. The number of hydrogen-bond acceptors (Lipinski definition) is 5. The number of hydrogen-bond donors (Lipinski definition) is 2. The number of amides is 2. The van der Waals surface area contributed by atoms with E-state index in [0.29, 0.717) is 24.5 Å². The van der Waals surface area contributed by atoms with Crippen molar-refractivity contribution in [2.45, 2.75) is 53.2 Å². The van der Waals surface area contributed by atoms with E-state index in [1.807, 2.05) is 13.8 Å². The Morgan fingerprint density at radius 3 is 2.33 bits per heavy atom. The lowest BCUT2D eigenvalue weighted by atomic mass is 10.0. The van der Waals surface area contributed by atoms with E-state index >= 15 is 0 Å². The van der Waals surface area contributed by atoms with Crippen molar-refractivity contribution in [1.82, 2.24) is 10.6 Å². The van der Waals surface area contributed by atoms with Crippen LogP contribution in [0.1, 0.15) is 51.4 Å². The molecule has 2 N–H and O–H groups in total.